The van der Waals surface area contributed by atoms with Crippen LogP contribution in [0, 0.1) is 0 Å². The highest BCUT2D eigenvalue weighted by atomic mass is 15.2. The Balaban J connectivity index is 0.000000653. The molecular weight excluding hydrogens is 148 g/mol. The third kappa shape index (κ3) is 0.639. The molecule has 1 aliphatic carbocycles. The van der Waals surface area contributed by atoms with Gasteiger partial charge in [0.15, 0.2) is 0 Å². The van der Waals surface area contributed by atoms with Gasteiger partial charge in [-0.1, -0.05) is 12.2 Å². The Morgan fingerprint density at radius 1 is 1.25 bits per heavy atom. The molecule has 55 valence electrons. The third-order valence-corrected chi connectivity index (χ3v) is 2.06. The summed E-state index contributed by atoms with van der Waals surface area (Å²) >= 11 is 0. The predicted molar refractivity (Wildman–Crippen MR) is 48.4 cm³/mol. The lowest BCUT2D eigenvalue weighted by Crippen LogP contribution is -2.14. The van der Waals surface area contributed by atoms with Crippen LogP contribution in [0.4, 0.5) is 0 Å². The number of allylic oxidation sites excluding steroid dienone is 1. The quantitative estimate of drug-likeness (QED) is 0.518. The van der Waals surface area contributed by atoms with Crippen molar-refractivity contribution in [2.45, 2.75) is 0 Å². The first-order chi connectivity index (χ1) is 5.93. The SMILES string of the molecule is [C]1=c2cc3c(cc2C=C1)=NN=C3.[H+]. The molecule has 0 saturated carbocycles. The fraction of sp³-hybridized carbons (Fsp3) is 0. The van der Waals surface area contributed by atoms with Gasteiger partial charge in [-0.25, -0.2) is 0 Å². The van der Waals surface area contributed by atoms with E-state index in [9.17, 15) is 0 Å². The number of hydrogen-bond donors (Lipinski definition) is 0. The second kappa shape index (κ2) is 1.91. The van der Waals surface area contributed by atoms with Crippen molar-refractivity contribution in [3.05, 3.63) is 39.9 Å². The molecule has 0 atom stereocenters. The molecule has 0 bridgehead atoms. The fourth-order valence-electron chi connectivity index (χ4n) is 1.45. The van der Waals surface area contributed by atoms with Gasteiger partial charge < -0.3 is 0 Å². The number of rotatable bonds is 0. The van der Waals surface area contributed by atoms with Crippen molar-refractivity contribution in [3.8, 4) is 0 Å². The zero-order valence-electron chi connectivity index (χ0n) is 7.28. The molecule has 0 spiro atoms. The van der Waals surface area contributed by atoms with Crippen molar-refractivity contribution >= 4 is 18.4 Å². The molecule has 1 heterocycles. The minimum absolute atomic E-state index is 0. The summed E-state index contributed by atoms with van der Waals surface area (Å²) in [5.74, 6) is 0. The minimum atomic E-state index is 0. The maximum atomic E-state index is 3.98. The topological polar surface area (TPSA) is 24.7 Å². The van der Waals surface area contributed by atoms with Gasteiger partial charge in [0.05, 0.1) is 11.6 Å². The monoisotopic (exact) mass is 154 g/mol. The lowest BCUT2D eigenvalue weighted by molar-refractivity contribution is 1.18. The van der Waals surface area contributed by atoms with Crippen molar-refractivity contribution < 1.29 is 1.43 Å². The first-order valence-corrected chi connectivity index (χ1v) is 3.79. The van der Waals surface area contributed by atoms with Gasteiger partial charge in [-0.3, -0.25) is 0 Å². The molecule has 1 radical (unpaired) electrons. The summed E-state index contributed by atoms with van der Waals surface area (Å²) < 4.78 is 0. The van der Waals surface area contributed by atoms with Crippen LogP contribution in [-0.2, 0) is 0 Å². The van der Waals surface area contributed by atoms with E-state index in [0.29, 0.717) is 0 Å². The van der Waals surface area contributed by atoms with Gasteiger partial charge in [-0.2, -0.15) is 10.2 Å². The van der Waals surface area contributed by atoms with Crippen LogP contribution in [0.15, 0.2) is 28.4 Å². The minimum Gasteiger partial charge on any atom is -0.158 e. The molecule has 2 nitrogen and oxygen atoms in total. The van der Waals surface area contributed by atoms with Crippen LogP contribution in [0.5, 0.6) is 0 Å². The number of hydrogen-bond acceptors (Lipinski definition) is 2. The molecule has 2 heteroatoms. The lowest BCUT2D eigenvalue weighted by Gasteiger charge is -1.91. The van der Waals surface area contributed by atoms with Crippen molar-refractivity contribution in [2.75, 3.05) is 0 Å². The van der Waals surface area contributed by atoms with Crippen LogP contribution >= 0.6 is 0 Å². The smallest absolute Gasteiger partial charge is 0.158 e. The second-order valence-corrected chi connectivity index (χ2v) is 2.82. The van der Waals surface area contributed by atoms with E-state index in [1.807, 2.05) is 18.2 Å². The van der Waals surface area contributed by atoms with E-state index in [1.54, 1.807) is 6.21 Å². The van der Waals surface area contributed by atoms with Gasteiger partial charge in [0.25, 0.3) is 0 Å². The van der Waals surface area contributed by atoms with Crippen LogP contribution in [0.1, 0.15) is 12.6 Å². The normalized spacial score (nSPS) is 15.3. The molecule has 0 aromatic heterocycles. The van der Waals surface area contributed by atoms with E-state index >= 15 is 0 Å². The number of benzene rings is 1. The van der Waals surface area contributed by atoms with E-state index in [-0.39, 0.29) is 1.43 Å². The van der Waals surface area contributed by atoms with Crippen molar-refractivity contribution in [1.29, 1.82) is 0 Å². The Labute approximate surface area is 70.7 Å². The Hall–Kier alpha value is -1.70. The largest absolute Gasteiger partial charge is 1.00 e. The molecule has 1 aromatic carbocycles. The summed E-state index contributed by atoms with van der Waals surface area (Å²) in [5.41, 5.74) is 2.27. The zero-order chi connectivity index (χ0) is 7.97. The zero-order valence-corrected chi connectivity index (χ0v) is 6.28. The first kappa shape index (κ1) is 5.89. The molecular formula is C10H6N2+. The third-order valence-electron chi connectivity index (χ3n) is 2.06. The van der Waals surface area contributed by atoms with Crippen LogP contribution in [0.25, 0.3) is 12.2 Å². The highest BCUT2D eigenvalue weighted by Crippen LogP contribution is 2.02. The highest BCUT2D eigenvalue weighted by molar-refractivity contribution is 5.82. The van der Waals surface area contributed by atoms with E-state index in [4.69, 9.17) is 0 Å². The van der Waals surface area contributed by atoms with E-state index in [2.05, 4.69) is 22.3 Å². The second-order valence-electron chi connectivity index (χ2n) is 2.82. The Morgan fingerprint density at radius 2 is 2.25 bits per heavy atom. The predicted octanol–water partition coefficient (Wildman–Crippen LogP) is 0.451. The number of nitrogens with zero attached hydrogens (tertiary/aromatic N) is 2. The average molecular weight is 154 g/mol. The summed E-state index contributed by atoms with van der Waals surface area (Å²) in [6.07, 6.45) is 8.88. The maximum absolute atomic E-state index is 3.98. The van der Waals surface area contributed by atoms with E-state index in [0.717, 1.165) is 16.1 Å². The summed E-state index contributed by atoms with van der Waals surface area (Å²) in [5, 5.41) is 9.92. The van der Waals surface area contributed by atoms with E-state index < -0.39 is 0 Å². The van der Waals surface area contributed by atoms with Gasteiger partial charge in [-0.05, 0) is 29.0 Å². The van der Waals surface area contributed by atoms with Gasteiger partial charge in [0, 0.05) is 5.56 Å². The van der Waals surface area contributed by atoms with Gasteiger partial charge in [0.2, 0.25) is 0 Å². The van der Waals surface area contributed by atoms with Crippen LogP contribution in [0.2, 0.25) is 0 Å². The van der Waals surface area contributed by atoms with Gasteiger partial charge in [0.1, 0.15) is 0 Å². The molecule has 2 aliphatic rings. The maximum Gasteiger partial charge on any atom is 1.00 e. The highest BCUT2D eigenvalue weighted by Gasteiger charge is 2.03. The molecule has 12 heavy (non-hydrogen) atoms. The Bertz CT molecular complexity index is 477. The summed E-state index contributed by atoms with van der Waals surface area (Å²) in [6, 6.07) is 4.10. The molecule has 0 fully saturated rings. The Morgan fingerprint density at radius 3 is 3.25 bits per heavy atom. The summed E-state index contributed by atoms with van der Waals surface area (Å²) in [7, 11) is 0. The van der Waals surface area contributed by atoms with Crippen molar-refractivity contribution in [1.82, 2.24) is 0 Å². The molecule has 3 rings (SSSR count). The fourth-order valence-corrected chi connectivity index (χ4v) is 1.45. The Kier molecular flexibility index (Phi) is 0.939. The lowest BCUT2D eigenvalue weighted by atomic mass is 10.1. The molecule has 1 aromatic rings. The summed E-state index contributed by atoms with van der Waals surface area (Å²) in [4.78, 5) is 0. The summed E-state index contributed by atoms with van der Waals surface area (Å²) in [6.45, 7) is 0. The number of fused-ring (bicyclic) bond motifs is 2. The molecule has 0 amide bonds. The average Bonchev–Trinajstić information content (AvgIpc) is 2.64. The standard InChI is InChI=1S/C10H5N2/c1-2-7-4-9-6-11-12-10(9)5-8(7)3-1/h1,3-6H/p+1. The molecule has 0 unspecified atom stereocenters. The van der Waals surface area contributed by atoms with Gasteiger partial charge in [-0.15, -0.1) is 0 Å². The molecule has 0 N–H and O–H groups in total. The van der Waals surface area contributed by atoms with Crippen LogP contribution in [0.3, 0.4) is 0 Å². The van der Waals surface area contributed by atoms with Crippen LogP contribution < -0.4 is 10.6 Å². The molecule has 1 aliphatic heterocycles. The van der Waals surface area contributed by atoms with Gasteiger partial charge >= 0.3 is 1.43 Å². The van der Waals surface area contributed by atoms with Crippen molar-refractivity contribution in [3.63, 3.8) is 0 Å². The van der Waals surface area contributed by atoms with Crippen LogP contribution in [-0.4, -0.2) is 6.21 Å². The molecule has 0 saturated heterocycles. The van der Waals surface area contributed by atoms with Crippen molar-refractivity contribution in [2.24, 2.45) is 10.2 Å². The first-order valence-electron chi connectivity index (χ1n) is 3.79. The van der Waals surface area contributed by atoms with E-state index in [1.165, 1.54) is 5.56 Å².